The van der Waals surface area contributed by atoms with Crippen molar-refractivity contribution in [3.8, 4) is 0 Å². The van der Waals surface area contributed by atoms with Crippen molar-refractivity contribution in [2.24, 2.45) is 0 Å². The average Bonchev–Trinajstić information content (AvgIpc) is 2.34. The second-order valence-corrected chi connectivity index (χ2v) is 4.43. The third-order valence-electron chi connectivity index (χ3n) is 3.06. The molecular weight excluding hydrogens is 214 g/mol. The van der Waals surface area contributed by atoms with Crippen molar-refractivity contribution in [2.45, 2.75) is 20.3 Å². The Morgan fingerprint density at radius 1 is 1.00 bits per heavy atom. The molecule has 0 atom stereocenters. The number of likely N-dealkylation sites (N-methyl/N-ethyl adjacent to an activating group) is 2. The Balaban J connectivity index is 3.26. The summed E-state index contributed by atoms with van der Waals surface area (Å²) in [7, 11) is 3.93. The molecule has 0 unspecified atom stereocenters. The number of rotatable bonds is 12. The molecule has 0 spiro atoms. The van der Waals surface area contributed by atoms with Crippen molar-refractivity contribution in [2.75, 3.05) is 66.6 Å². The van der Waals surface area contributed by atoms with Crippen LogP contribution in [0.1, 0.15) is 20.3 Å². The molecule has 0 aliphatic heterocycles. The molecule has 17 heavy (non-hydrogen) atoms. The van der Waals surface area contributed by atoms with Crippen LogP contribution in [-0.4, -0.2) is 76.4 Å². The van der Waals surface area contributed by atoms with E-state index in [-0.39, 0.29) is 0 Å². The fourth-order valence-electron chi connectivity index (χ4n) is 1.76. The number of methoxy groups -OCH3 is 1. The van der Waals surface area contributed by atoms with Crippen LogP contribution in [0.5, 0.6) is 0 Å². The smallest absolute Gasteiger partial charge is 0.0474 e. The van der Waals surface area contributed by atoms with E-state index < -0.39 is 0 Å². The predicted molar refractivity (Wildman–Crippen MR) is 74.6 cm³/mol. The second kappa shape index (κ2) is 12.3. The minimum Gasteiger partial charge on any atom is -0.385 e. The van der Waals surface area contributed by atoms with Crippen LogP contribution in [0, 0.1) is 0 Å². The van der Waals surface area contributed by atoms with Crippen LogP contribution >= 0.6 is 0 Å². The molecular formula is C13H31N3O. The highest BCUT2D eigenvalue weighted by Gasteiger charge is 1.99. The normalized spacial score (nSPS) is 11.6. The first kappa shape index (κ1) is 16.8. The minimum atomic E-state index is 0.861. The van der Waals surface area contributed by atoms with E-state index in [0.717, 1.165) is 58.8 Å². The molecule has 0 aliphatic carbocycles. The molecule has 104 valence electrons. The van der Waals surface area contributed by atoms with Crippen LogP contribution in [0.15, 0.2) is 0 Å². The molecule has 0 aromatic carbocycles. The van der Waals surface area contributed by atoms with Gasteiger partial charge in [-0.2, -0.15) is 0 Å². The lowest BCUT2D eigenvalue weighted by molar-refractivity contribution is 0.179. The highest BCUT2D eigenvalue weighted by atomic mass is 16.5. The molecule has 0 rings (SSSR count). The summed E-state index contributed by atoms with van der Waals surface area (Å²) in [5.74, 6) is 0. The van der Waals surface area contributed by atoms with E-state index in [1.54, 1.807) is 7.11 Å². The molecule has 0 radical (unpaired) electrons. The van der Waals surface area contributed by atoms with E-state index in [1.807, 2.05) is 0 Å². The zero-order valence-electron chi connectivity index (χ0n) is 12.2. The van der Waals surface area contributed by atoms with E-state index in [1.165, 1.54) is 0 Å². The topological polar surface area (TPSA) is 27.7 Å². The van der Waals surface area contributed by atoms with Gasteiger partial charge < -0.3 is 19.9 Å². The van der Waals surface area contributed by atoms with Crippen LogP contribution in [0.2, 0.25) is 0 Å². The average molecular weight is 245 g/mol. The van der Waals surface area contributed by atoms with E-state index in [0.29, 0.717) is 0 Å². The van der Waals surface area contributed by atoms with Gasteiger partial charge in [-0.1, -0.05) is 13.8 Å². The summed E-state index contributed by atoms with van der Waals surface area (Å²) in [5, 5.41) is 3.49. The van der Waals surface area contributed by atoms with E-state index in [9.17, 15) is 0 Å². The standard InChI is InChI=1S/C13H31N3O/c1-5-16(6-2)12-9-14-8-11-15(3)10-7-13-17-4/h14H,5-13H2,1-4H3. The van der Waals surface area contributed by atoms with E-state index in [2.05, 4.69) is 36.0 Å². The molecule has 0 bridgehead atoms. The summed E-state index contributed by atoms with van der Waals surface area (Å²) in [4.78, 5) is 4.79. The Labute approximate surface area is 107 Å². The summed E-state index contributed by atoms with van der Waals surface area (Å²) in [6, 6.07) is 0. The second-order valence-electron chi connectivity index (χ2n) is 4.43. The Bertz CT molecular complexity index is 152. The number of nitrogens with zero attached hydrogens (tertiary/aromatic N) is 2. The van der Waals surface area contributed by atoms with Crippen molar-refractivity contribution in [3.63, 3.8) is 0 Å². The van der Waals surface area contributed by atoms with Crippen molar-refractivity contribution in [1.82, 2.24) is 15.1 Å². The van der Waals surface area contributed by atoms with Crippen LogP contribution < -0.4 is 5.32 Å². The maximum atomic E-state index is 5.04. The largest absolute Gasteiger partial charge is 0.385 e. The minimum absolute atomic E-state index is 0.861. The Morgan fingerprint density at radius 2 is 1.65 bits per heavy atom. The molecule has 4 nitrogen and oxygen atoms in total. The lowest BCUT2D eigenvalue weighted by atomic mass is 10.4. The third kappa shape index (κ3) is 10.7. The van der Waals surface area contributed by atoms with E-state index in [4.69, 9.17) is 4.74 Å². The number of ether oxygens (including phenoxy) is 1. The highest BCUT2D eigenvalue weighted by molar-refractivity contribution is 4.58. The maximum absolute atomic E-state index is 5.04. The van der Waals surface area contributed by atoms with Gasteiger partial charge in [-0.15, -0.1) is 0 Å². The van der Waals surface area contributed by atoms with Crippen LogP contribution in [0.25, 0.3) is 0 Å². The first-order chi connectivity index (χ1) is 8.24. The van der Waals surface area contributed by atoms with Crippen LogP contribution in [0.3, 0.4) is 0 Å². The maximum Gasteiger partial charge on any atom is 0.0474 e. The van der Waals surface area contributed by atoms with Gasteiger partial charge in [0, 0.05) is 46.4 Å². The van der Waals surface area contributed by atoms with Crippen LogP contribution in [0.4, 0.5) is 0 Å². The first-order valence-electron chi connectivity index (χ1n) is 6.85. The van der Waals surface area contributed by atoms with Crippen molar-refractivity contribution < 1.29 is 4.74 Å². The van der Waals surface area contributed by atoms with Gasteiger partial charge in [0.1, 0.15) is 0 Å². The number of hydrogen-bond donors (Lipinski definition) is 1. The molecule has 1 N–H and O–H groups in total. The van der Waals surface area contributed by atoms with Gasteiger partial charge in [-0.25, -0.2) is 0 Å². The van der Waals surface area contributed by atoms with Gasteiger partial charge in [0.05, 0.1) is 0 Å². The summed E-state index contributed by atoms with van der Waals surface area (Å²) in [6.45, 7) is 13.1. The Morgan fingerprint density at radius 3 is 2.24 bits per heavy atom. The summed E-state index contributed by atoms with van der Waals surface area (Å²) < 4.78 is 5.04. The first-order valence-corrected chi connectivity index (χ1v) is 6.85. The third-order valence-corrected chi connectivity index (χ3v) is 3.06. The molecule has 0 saturated carbocycles. The predicted octanol–water partition coefficient (Wildman–Crippen LogP) is 0.886. The SMILES string of the molecule is CCN(CC)CCNCCN(C)CCCOC. The van der Waals surface area contributed by atoms with Gasteiger partial charge in [0.2, 0.25) is 0 Å². The van der Waals surface area contributed by atoms with Gasteiger partial charge in [-0.05, 0) is 26.6 Å². The Hall–Kier alpha value is -0.160. The molecule has 0 aromatic rings. The molecule has 0 heterocycles. The van der Waals surface area contributed by atoms with Crippen molar-refractivity contribution in [3.05, 3.63) is 0 Å². The van der Waals surface area contributed by atoms with Gasteiger partial charge in [0.15, 0.2) is 0 Å². The molecule has 4 heteroatoms. The molecule has 0 amide bonds. The summed E-state index contributed by atoms with van der Waals surface area (Å²) in [6.07, 6.45) is 1.12. The van der Waals surface area contributed by atoms with Crippen molar-refractivity contribution >= 4 is 0 Å². The number of hydrogen-bond acceptors (Lipinski definition) is 4. The summed E-state index contributed by atoms with van der Waals surface area (Å²) in [5.41, 5.74) is 0. The zero-order valence-corrected chi connectivity index (χ0v) is 12.2. The molecule has 0 fully saturated rings. The monoisotopic (exact) mass is 245 g/mol. The van der Waals surface area contributed by atoms with Crippen molar-refractivity contribution in [1.29, 1.82) is 0 Å². The Kier molecular flexibility index (Phi) is 12.2. The lowest BCUT2D eigenvalue weighted by Gasteiger charge is -2.19. The van der Waals surface area contributed by atoms with Gasteiger partial charge in [-0.3, -0.25) is 0 Å². The molecule has 0 saturated heterocycles. The highest BCUT2D eigenvalue weighted by Crippen LogP contribution is 1.87. The van der Waals surface area contributed by atoms with E-state index >= 15 is 0 Å². The van der Waals surface area contributed by atoms with Crippen LogP contribution in [-0.2, 0) is 4.74 Å². The lowest BCUT2D eigenvalue weighted by Crippen LogP contribution is -2.35. The summed E-state index contributed by atoms with van der Waals surface area (Å²) >= 11 is 0. The number of nitrogens with one attached hydrogen (secondary N) is 1. The quantitative estimate of drug-likeness (QED) is 0.517. The fraction of sp³-hybridized carbons (Fsp3) is 1.00. The molecule has 0 aromatic heterocycles. The molecule has 0 aliphatic rings. The fourth-order valence-corrected chi connectivity index (χ4v) is 1.76. The zero-order chi connectivity index (χ0) is 12.9. The van der Waals surface area contributed by atoms with Gasteiger partial charge >= 0.3 is 0 Å². The van der Waals surface area contributed by atoms with Gasteiger partial charge in [0.25, 0.3) is 0 Å².